The summed E-state index contributed by atoms with van der Waals surface area (Å²) in [7, 11) is -2.58. The van der Waals surface area contributed by atoms with Crippen LogP contribution in [0.1, 0.15) is 5.69 Å². The lowest BCUT2D eigenvalue weighted by molar-refractivity contribution is -0.677. The van der Waals surface area contributed by atoms with Gasteiger partial charge in [0.2, 0.25) is 5.69 Å². The third-order valence-corrected chi connectivity index (χ3v) is 1.62. The lowest BCUT2D eigenvalue weighted by Crippen LogP contribution is -2.35. The molecule has 0 bridgehead atoms. The Labute approximate surface area is 95.2 Å². The van der Waals surface area contributed by atoms with Crippen LogP contribution in [-0.4, -0.2) is 25.8 Å². The van der Waals surface area contributed by atoms with Crippen molar-refractivity contribution in [2.75, 3.05) is 7.11 Å². The maximum absolute atomic E-state index is 9.75. The van der Waals surface area contributed by atoms with Crippen LogP contribution in [0.5, 0.6) is 5.88 Å². The molecule has 0 amide bonds. The van der Waals surface area contributed by atoms with Crippen LogP contribution in [0.2, 0.25) is 0 Å². The van der Waals surface area contributed by atoms with Crippen molar-refractivity contribution in [3.8, 4) is 5.88 Å². The molecule has 9 heteroatoms. The number of aromatic nitrogens is 1. The van der Waals surface area contributed by atoms with Crippen molar-refractivity contribution >= 4 is 13.5 Å². The molecular weight excluding hydrogens is 243 g/mol. The van der Waals surface area contributed by atoms with Crippen LogP contribution in [0.4, 0.5) is 17.3 Å². The molecule has 4 nitrogen and oxygen atoms in total. The van der Waals surface area contributed by atoms with Crippen LogP contribution < -0.4 is 9.30 Å². The molecule has 1 aromatic rings. The smallest absolute Gasteiger partial charge is 0.448 e. The Balaban J connectivity index is 0.000000437. The molecule has 96 valence electrons. The highest BCUT2D eigenvalue weighted by molar-refractivity contribution is 6.50. The summed E-state index contributed by atoms with van der Waals surface area (Å²) in [5.74, 6) is 0.715. The van der Waals surface area contributed by atoms with Gasteiger partial charge in [0.1, 0.15) is 13.3 Å². The van der Waals surface area contributed by atoms with Crippen molar-refractivity contribution in [2.24, 2.45) is 12.2 Å². The van der Waals surface area contributed by atoms with Crippen LogP contribution in [-0.2, 0) is 7.05 Å². The summed E-state index contributed by atoms with van der Waals surface area (Å²) in [5.41, 5.74) is 0.775. The Morgan fingerprint density at radius 3 is 2.29 bits per heavy atom. The van der Waals surface area contributed by atoms with Crippen molar-refractivity contribution in [1.29, 1.82) is 0 Å². The van der Waals surface area contributed by atoms with Gasteiger partial charge in [0.05, 0.1) is 13.2 Å². The van der Waals surface area contributed by atoms with Gasteiger partial charge < -0.3 is 27.2 Å². The fourth-order valence-corrected chi connectivity index (χ4v) is 0.974. The highest BCUT2D eigenvalue weighted by Gasteiger charge is 2.20. The molecule has 0 spiro atoms. The highest BCUT2D eigenvalue weighted by Crippen LogP contribution is 2.06. The zero-order valence-electron chi connectivity index (χ0n) is 9.15. The molecule has 0 saturated heterocycles. The number of rotatable bonds is 2. The number of oxime groups is 1. The zero-order valence-corrected chi connectivity index (χ0v) is 9.15. The van der Waals surface area contributed by atoms with Gasteiger partial charge in [0, 0.05) is 6.07 Å². The Morgan fingerprint density at radius 1 is 1.35 bits per heavy atom. The third-order valence-electron chi connectivity index (χ3n) is 1.62. The van der Waals surface area contributed by atoms with Gasteiger partial charge in [-0.15, -0.1) is 0 Å². The molecule has 0 saturated carbocycles. The van der Waals surface area contributed by atoms with Crippen molar-refractivity contribution in [2.45, 2.75) is 0 Å². The van der Waals surface area contributed by atoms with E-state index in [1.807, 2.05) is 25.2 Å². The molecular formula is C8H11BF4N2O2. The summed E-state index contributed by atoms with van der Waals surface area (Å²) in [6, 6.07) is 5.48. The van der Waals surface area contributed by atoms with Crippen molar-refractivity contribution in [3.05, 3.63) is 23.9 Å². The molecule has 1 rings (SSSR count). The second-order valence-corrected chi connectivity index (χ2v) is 2.79. The minimum Gasteiger partial charge on any atom is -0.448 e. The standard InChI is InChI=1S/C8H10N2O2.BF4/c1-10-7(6-9-11)4-3-5-8(10)12-2;2-1(3,4)5/h3-6H,1-2H3;/q;-1/p+1. The molecule has 1 aromatic heterocycles. The Morgan fingerprint density at radius 2 is 1.88 bits per heavy atom. The van der Waals surface area contributed by atoms with Gasteiger partial charge in [-0.1, -0.05) is 5.16 Å². The van der Waals surface area contributed by atoms with E-state index in [4.69, 9.17) is 9.94 Å². The minimum absolute atomic E-state index is 0.715. The Kier molecular flexibility index (Phi) is 6.01. The van der Waals surface area contributed by atoms with E-state index in [1.165, 1.54) is 6.21 Å². The number of nitrogens with zero attached hydrogens (tertiary/aromatic N) is 2. The quantitative estimate of drug-likeness (QED) is 0.218. The minimum atomic E-state index is -6.00. The van der Waals surface area contributed by atoms with E-state index >= 15 is 0 Å². The molecule has 1 N–H and O–H groups in total. The van der Waals surface area contributed by atoms with E-state index < -0.39 is 7.25 Å². The van der Waals surface area contributed by atoms with Gasteiger partial charge in [-0.3, -0.25) is 0 Å². The van der Waals surface area contributed by atoms with E-state index in [0.717, 1.165) is 5.69 Å². The first-order valence-corrected chi connectivity index (χ1v) is 4.37. The number of hydrogen-bond acceptors (Lipinski definition) is 3. The fraction of sp³-hybridized carbons (Fsp3) is 0.250. The van der Waals surface area contributed by atoms with Gasteiger partial charge in [-0.05, 0) is 6.07 Å². The zero-order chi connectivity index (χ0) is 13.5. The predicted molar refractivity (Wildman–Crippen MR) is 53.7 cm³/mol. The van der Waals surface area contributed by atoms with E-state index in [9.17, 15) is 17.3 Å². The van der Waals surface area contributed by atoms with Gasteiger partial charge in [-0.2, -0.15) is 4.57 Å². The third kappa shape index (κ3) is 7.15. The SMILES string of the molecule is COc1cccc(/C=N/O)[n+]1C.F[B-](F)(F)F. The van der Waals surface area contributed by atoms with Crippen molar-refractivity contribution < 1.29 is 31.8 Å². The molecule has 0 radical (unpaired) electrons. The first kappa shape index (κ1) is 15.2. The molecule has 1 heterocycles. The molecule has 0 atom stereocenters. The second kappa shape index (κ2) is 6.72. The maximum atomic E-state index is 9.75. The molecule has 0 aliphatic rings. The van der Waals surface area contributed by atoms with Crippen molar-refractivity contribution in [3.63, 3.8) is 0 Å². The topological polar surface area (TPSA) is 45.7 Å². The van der Waals surface area contributed by atoms with Gasteiger partial charge in [0.25, 0.3) is 0 Å². The second-order valence-electron chi connectivity index (χ2n) is 2.79. The average Bonchev–Trinajstić information content (AvgIpc) is 2.19. The molecule has 0 unspecified atom stereocenters. The first-order valence-electron chi connectivity index (χ1n) is 4.37. The summed E-state index contributed by atoms with van der Waals surface area (Å²) >= 11 is 0. The summed E-state index contributed by atoms with van der Waals surface area (Å²) in [4.78, 5) is 0. The molecule has 0 aromatic carbocycles. The first-order chi connectivity index (χ1) is 7.79. The Bertz CT molecular complexity index is 378. The van der Waals surface area contributed by atoms with E-state index in [0.29, 0.717) is 5.88 Å². The predicted octanol–water partition coefficient (Wildman–Crippen LogP) is 1.63. The van der Waals surface area contributed by atoms with E-state index in [2.05, 4.69) is 5.16 Å². The number of hydrogen-bond donors (Lipinski definition) is 1. The molecule has 0 aliphatic carbocycles. The normalized spacial score (nSPS) is 10.9. The van der Waals surface area contributed by atoms with E-state index in [1.54, 1.807) is 11.7 Å². The number of pyridine rings is 1. The molecule has 0 fully saturated rings. The maximum Gasteiger partial charge on any atom is 0.673 e. The molecule has 17 heavy (non-hydrogen) atoms. The fourth-order valence-electron chi connectivity index (χ4n) is 0.974. The highest BCUT2D eigenvalue weighted by atomic mass is 19.5. The summed E-state index contributed by atoms with van der Waals surface area (Å²) in [6.07, 6.45) is 1.35. The van der Waals surface area contributed by atoms with Crippen LogP contribution in [0.15, 0.2) is 23.4 Å². The van der Waals surface area contributed by atoms with Crippen LogP contribution in [0, 0.1) is 0 Å². The molecule has 0 aliphatic heterocycles. The monoisotopic (exact) mass is 254 g/mol. The van der Waals surface area contributed by atoms with Crippen LogP contribution in [0.25, 0.3) is 0 Å². The average molecular weight is 254 g/mol. The van der Waals surface area contributed by atoms with Gasteiger partial charge in [0.15, 0.2) is 0 Å². The lowest BCUT2D eigenvalue weighted by Gasteiger charge is -1.98. The summed E-state index contributed by atoms with van der Waals surface area (Å²) < 4.78 is 45.8. The number of methoxy groups -OCH3 is 1. The number of halogens is 4. The largest absolute Gasteiger partial charge is 0.673 e. The van der Waals surface area contributed by atoms with Gasteiger partial charge in [-0.25, -0.2) is 0 Å². The summed E-state index contributed by atoms with van der Waals surface area (Å²) in [5, 5.41) is 11.3. The Hall–Kier alpha value is -1.80. The van der Waals surface area contributed by atoms with Crippen molar-refractivity contribution in [1.82, 2.24) is 0 Å². The summed E-state index contributed by atoms with van der Waals surface area (Å²) in [6.45, 7) is 0. The van der Waals surface area contributed by atoms with Crippen LogP contribution >= 0.6 is 0 Å². The van der Waals surface area contributed by atoms with Gasteiger partial charge >= 0.3 is 13.1 Å². The lowest BCUT2D eigenvalue weighted by atomic mass is 10.3. The number of ether oxygens (including phenoxy) is 1. The van der Waals surface area contributed by atoms with Crippen LogP contribution in [0.3, 0.4) is 0 Å². The van der Waals surface area contributed by atoms with E-state index in [-0.39, 0.29) is 0 Å².